The Morgan fingerprint density at radius 2 is 2.03 bits per heavy atom. The van der Waals surface area contributed by atoms with Gasteiger partial charge in [0.15, 0.2) is 0 Å². The number of anilines is 1. The van der Waals surface area contributed by atoms with Crippen LogP contribution in [0.3, 0.4) is 0 Å². The van der Waals surface area contributed by atoms with Crippen molar-refractivity contribution in [1.82, 2.24) is 10.2 Å². The Hall–Kier alpha value is -1.29. The average molecular weight is 517 g/mol. The average Bonchev–Trinajstić information content (AvgIpc) is 3.31. The van der Waals surface area contributed by atoms with Crippen LogP contribution < -0.4 is 10.6 Å². The van der Waals surface area contributed by atoms with E-state index >= 15 is 0 Å². The van der Waals surface area contributed by atoms with Crippen LogP contribution in [0.25, 0.3) is 0 Å². The second-order valence-corrected chi connectivity index (χ2v) is 11.0. The van der Waals surface area contributed by atoms with Crippen molar-refractivity contribution < 1.29 is 19.5 Å². The van der Waals surface area contributed by atoms with Crippen LogP contribution >= 0.6 is 39.3 Å². The summed E-state index contributed by atoms with van der Waals surface area (Å²) < 4.78 is -0.681. The number of aliphatic hydroxyl groups excluding tert-OH is 1. The first-order valence-electron chi connectivity index (χ1n) is 9.85. The molecule has 162 valence electrons. The van der Waals surface area contributed by atoms with Crippen molar-refractivity contribution >= 4 is 62.7 Å². The van der Waals surface area contributed by atoms with Gasteiger partial charge >= 0.3 is 0 Å². The maximum Gasteiger partial charge on any atom is 0.248 e. The number of alkyl halides is 1. The van der Waals surface area contributed by atoms with Crippen molar-refractivity contribution in [2.45, 2.75) is 33.7 Å². The Morgan fingerprint density at radius 1 is 1.33 bits per heavy atom. The zero-order valence-corrected chi connectivity index (χ0v) is 19.5. The van der Waals surface area contributed by atoms with Crippen LogP contribution in [-0.2, 0) is 14.4 Å². The minimum atomic E-state index is -0.720. The van der Waals surface area contributed by atoms with Crippen LogP contribution in [0.15, 0.2) is 24.3 Å². The number of carbonyl (C=O) groups excluding carboxylic acids is 3. The largest absolute Gasteiger partial charge is 0.396 e. The zero-order chi connectivity index (χ0) is 21.6. The summed E-state index contributed by atoms with van der Waals surface area (Å²) in [5, 5.41) is 15.4. The fourth-order valence-corrected chi connectivity index (χ4v) is 8.86. The number of hydrogen-bond acceptors (Lipinski definition) is 5. The van der Waals surface area contributed by atoms with Gasteiger partial charge in [0.2, 0.25) is 17.7 Å². The van der Waals surface area contributed by atoms with Gasteiger partial charge in [-0.1, -0.05) is 27.5 Å². The van der Waals surface area contributed by atoms with Gasteiger partial charge in [-0.25, -0.2) is 0 Å². The summed E-state index contributed by atoms with van der Waals surface area (Å²) in [7, 11) is 1.57. The Balaban J connectivity index is 1.71. The van der Waals surface area contributed by atoms with Gasteiger partial charge in [-0.05, 0) is 37.1 Å². The first kappa shape index (κ1) is 21.9. The summed E-state index contributed by atoms with van der Waals surface area (Å²) in [5.41, 5.74) is 0.592. The van der Waals surface area contributed by atoms with Crippen molar-refractivity contribution in [2.24, 2.45) is 11.8 Å². The summed E-state index contributed by atoms with van der Waals surface area (Å²) in [6, 6.07) is 6.08. The molecule has 3 amide bonds. The fourth-order valence-electron chi connectivity index (χ4n) is 5.12. The van der Waals surface area contributed by atoms with E-state index in [9.17, 15) is 19.5 Å². The predicted octanol–water partition coefficient (Wildman–Crippen LogP) is 1.87. The number of halogens is 2. The number of fused-ring (bicyclic) bond motifs is 1. The number of hydrogen-bond donors (Lipinski definition) is 3. The van der Waals surface area contributed by atoms with Crippen LogP contribution in [0.1, 0.15) is 12.8 Å². The first-order valence-corrected chi connectivity index (χ1v) is 12.0. The van der Waals surface area contributed by atoms with Crippen LogP contribution in [-0.4, -0.2) is 68.8 Å². The molecule has 6 atom stereocenters. The van der Waals surface area contributed by atoms with E-state index in [1.807, 2.05) is 0 Å². The van der Waals surface area contributed by atoms with Crippen molar-refractivity contribution in [3.8, 4) is 0 Å². The van der Waals surface area contributed by atoms with Crippen molar-refractivity contribution in [1.29, 1.82) is 0 Å². The molecule has 10 heteroatoms. The minimum Gasteiger partial charge on any atom is -0.396 e. The summed E-state index contributed by atoms with van der Waals surface area (Å²) in [4.78, 5) is 41.2. The molecule has 3 aliphatic heterocycles. The van der Waals surface area contributed by atoms with Gasteiger partial charge in [-0.3, -0.25) is 14.4 Å². The normalized spacial score (nSPS) is 34.2. The molecule has 3 unspecified atom stereocenters. The standard InChI is InChI=1S/C20H23BrClN3O4S/c1-23-17(27)13-14-19(29)25(7-2-8-26)16(20(14)9-12(21)15(13)30-20)18(28)24-11-5-3-10(22)4-6-11/h3-6,12-16,26H,2,7-9H2,1H3,(H,23,27)(H,24,28)/t12?,13-,14+,15-,16?,20?/m1/s1. The van der Waals surface area contributed by atoms with Gasteiger partial charge in [0.1, 0.15) is 6.04 Å². The maximum atomic E-state index is 13.5. The van der Waals surface area contributed by atoms with Gasteiger partial charge in [0.05, 0.1) is 16.6 Å². The lowest BCUT2D eigenvalue weighted by molar-refractivity contribution is -0.139. The number of likely N-dealkylation sites (tertiary alicyclic amines) is 1. The number of aliphatic hydroxyl groups is 1. The van der Waals surface area contributed by atoms with E-state index in [-0.39, 0.29) is 41.0 Å². The lowest BCUT2D eigenvalue weighted by Gasteiger charge is -2.35. The lowest BCUT2D eigenvalue weighted by atomic mass is 9.70. The van der Waals surface area contributed by atoms with Gasteiger partial charge in [0.25, 0.3) is 0 Å². The number of nitrogens with one attached hydrogen (secondary N) is 2. The molecule has 7 nitrogen and oxygen atoms in total. The summed E-state index contributed by atoms with van der Waals surface area (Å²) in [6.07, 6.45) is 0.996. The summed E-state index contributed by atoms with van der Waals surface area (Å²) >= 11 is 11.2. The van der Waals surface area contributed by atoms with Crippen LogP contribution in [0.5, 0.6) is 0 Å². The highest BCUT2D eigenvalue weighted by Crippen LogP contribution is 2.67. The number of benzene rings is 1. The highest BCUT2D eigenvalue weighted by Gasteiger charge is 2.75. The third-order valence-electron chi connectivity index (χ3n) is 6.26. The molecular formula is C20H23BrClN3O4S. The molecule has 0 saturated carbocycles. The van der Waals surface area contributed by atoms with Crippen molar-refractivity contribution in [3.05, 3.63) is 29.3 Å². The Kier molecular flexibility index (Phi) is 6.09. The van der Waals surface area contributed by atoms with Gasteiger partial charge in [-0.15, -0.1) is 11.8 Å². The van der Waals surface area contributed by atoms with E-state index in [0.29, 0.717) is 23.6 Å². The molecule has 4 rings (SSSR count). The number of rotatable bonds is 6. The van der Waals surface area contributed by atoms with E-state index in [4.69, 9.17) is 11.6 Å². The number of carbonyl (C=O) groups is 3. The Morgan fingerprint density at radius 3 is 2.67 bits per heavy atom. The molecule has 1 aromatic carbocycles. The third-order valence-corrected chi connectivity index (χ3v) is 9.73. The molecule has 0 radical (unpaired) electrons. The SMILES string of the molecule is CNC(=O)[C@H]1[C@@H]2SC3(CC2Br)C(C(=O)Nc2ccc(Cl)cc2)N(CCCO)C(=O)[C@H]13. The fraction of sp³-hybridized carbons (Fsp3) is 0.550. The molecular weight excluding hydrogens is 494 g/mol. The van der Waals surface area contributed by atoms with Gasteiger partial charge < -0.3 is 20.6 Å². The number of nitrogens with zero attached hydrogens (tertiary/aromatic N) is 1. The molecule has 30 heavy (non-hydrogen) atoms. The van der Waals surface area contributed by atoms with Gasteiger partial charge in [0, 0.05) is 41.0 Å². The topological polar surface area (TPSA) is 98.7 Å². The van der Waals surface area contributed by atoms with Crippen LogP contribution in [0.2, 0.25) is 5.02 Å². The van der Waals surface area contributed by atoms with Crippen molar-refractivity contribution in [2.75, 3.05) is 25.5 Å². The smallest absolute Gasteiger partial charge is 0.248 e. The molecule has 3 aliphatic rings. The second-order valence-electron chi connectivity index (χ2n) is 7.88. The van der Waals surface area contributed by atoms with E-state index in [1.165, 1.54) is 0 Å². The van der Waals surface area contributed by atoms with Crippen LogP contribution in [0, 0.1) is 11.8 Å². The molecule has 3 N–H and O–H groups in total. The molecule has 0 aliphatic carbocycles. The highest BCUT2D eigenvalue weighted by atomic mass is 79.9. The Labute approximate surface area is 192 Å². The summed E-state index contributed by atoms with van der Waals surface area (Å²) in [6.45, 7) is 0.188. The molecule has 1 aromatic rings. The quantitative estimate of drug-likeness (QED) is 0.502. The third kappa shape index (κ3) is 3.34. The highest BCUT2D eigenvalue weighted by molar-refractivity contribution is 9.09. The molecule has 0 aromatic heterocycles. The van der Waals surface area contributed by atoms with Crippen molar-refractivity contribution in [3.63, 3.8) is 0 Å². The van der Waals surface area contributed by atoms with Gasteiger partial charge in [-0.2, -0.15) is 0 Å². The maximum absolute atomic E-state index is 13.5. The number of amides is 3. The number of thioether (sulfide) groups is 1. The molecule has 3 saturated heterocycles. The summed E-state index contributed by atoms with van der Waals surface area (Å²) in [5.74, 6) is -1.67. The van der Waals surface area contributed by atoms with Crippen LogP contribution in [0.4, 0.5) is 5.69 Å². The van der Waals surface area contributed by atoms with E-state index in [1.54, 1.807) is 48.0 Å². The first-order chi connectivity index (χ1) is 14.3. The predicted molar refractivity (Wildman–Crippen MR) is 120 cm³/mol. The minimum absolute atomic E-state index is 0.0393. The molecule has 1 spiro atoms. The van der Waals surface area contributed by atoms with E-state index < -0.39 is 22.6 Å². The van der Waals surface area contributed by atoms with E-state index in [0.717, 1.165) is 0 Å². The second kappa shape index (κ2) is 8.33. The Bertz CT molecular complexity index is 872. The van der Waals surface area contributed by atoms with E-state index in [2.05, 4.69) is 26.6 Å². The molecule has 3 heterocycles. The lowest BCUT2D eigenvalue weighted by Crippen LogP contribution is -2.53. The molecule has 3 fully saturated rings. The monoisotopic (exact) mass is 515 g/mol. The molecule has 2 bridgehead atoms. The zero-order valence-electron chi connectivity index (χ0n) is 16.3.